The molecule has 5 aromatic rings. The summed E-state index contributed by atoms with van der Waals surface area (Å²) in [5, 5.41) is 3.50. The third kappa shape index (κ3) is 6.23. The van der Waals surface area contributed by atoms with Gasteiger partial charge < -0.3 is 25.3 Å². The quantitative estimate of drug-likeness (QED) is 0.234. The Hall–Kier alpha value is -5.49. The molecule has 0 unspecified atom stereocenters. The molecule has 2 aromatic carbocycles. The van der Waals surface area contributed by atoms with Crippen LogP contribution in [0.5, 0.6) is 17.2 Å². The lowest BCUT2D eigenvalue weighted by atomic mass is 10.2. The van der Waals surface area contributed by atoms with Crippen molar-refractivity contribution in [2.75, 3.05) is 19.0 Å². The summed E-state index contributed by atoms with van der Waals surface area (Å²) < 4.78 is 19.6. The number of aromatic nitrogens is 4. The van der Waals surface area contributed by atoms with E-state index in [2.05, 4.69) is 15.3 Å². The molecule has 0 saturated heterocycles. The number of pyridine rings is 2. The smallest absolute Gasteiger partial charge is 0.320 e. The standard InChI is InChI=1S/C31H30N6O6/c1-19(42-28(38)16-32)18-36-20(2)29(31(40)37(36)21-7-5-4-6-8-21)30(39)35-27-12-10-23(17-34-27)43-26-13-14-33-25-15-22(41-3)9-11-24(25)26/h4-15,17,19H,16,18,32H2,1-3H3,(H,34,35,39)/t19-/m1/s1. The summed E-state index contributed by atoms with van der Waals surface area (Å²) >= 11 is 0. The van der Waals surface area contributed by atoms with Crippen molar-refractivity contribution in [1.29, 1.82) is 0 Å². The average Bonchev–Trinajstić information content (AvgIpc) is 3.26. The largest absolute Gasteiger partial charge is 0.497 e. The fourth-order valence-corrected chi connectivity index (χ4v) is 4.65. The highest BCUT2D eigenvalue weighted by Gasteiger charge is 2.25. The normalized spacial score (nSPS) is 11.6. The van der Waals surface area contributed by atoms with E-state index in [1.807, 2.05) is 24.3 Å². The second-order valence-corrected chi connectivity index (χ2v) is 9.63. The maximum absolute atomic E-state index is 13.6. The van der Waals surface area contributed by atoms with Crippen LogP contribution in [0.4, 0.5) is 5.82 Å². The van der Waals surface area contributed by atoms with Crippen LogP contribution in [-0.4, -0.2) is 51.0 Å². The van der Waals surface area contributed by atoms with E-state index in [0.29, 0.717) is 34.1 Å². The molecule has 3 N–H and O–H groups in total. The van der Waals surface area contributed by atoms with Gasteiger partial charge in [-0.25, -0.2) is 9.67 Å². The number of methoxy groups -OCH3 is 1. The zero-order valence-corrected chi connectivity index (χ0v) is 23.8. The lowest BCUT2D eigenvalue weighted by molar-refractivity contribution is -0.147. The molecule has 1 amide bonds. The van der Waals surface area contributed by atoms with Crippen molar-refractivity contribution in [3.05, 3.63) is 101 Å². The molecule has 0 aliphatic heterocycles. The molecule has 43 heavy (non-hydrogen) atoms. The number of rotatable bonds is 10. The lowest BCUT2D eigenvalue weighted by Gasteiger charge is -2.18. The number of benzene rings is 2. The van der Waals surface area contributed by atoms with Crippen LogP contribution >= 0.6 is 0 Å². The number of nitrogens with zero attached hydrogens (tertiary/aromatic N) is 4. The Balaban J connectivity index is 1.38. The van der Waals surface area contributed by atoms with E-state index < -0.39 is 23.5 Å². The highest BCUT2D eigenvalue weighted by atomic mass is 16.5. The molecule has 0 fully saturated rings. The molecule has 220 valence electrons. The van der Waals surface area contributed by atoms with Gasteiger partial charge in [0.2, 0.25) is 0 Å². The highest BCUT2D eigenvalue weighted by Crippen LogP contribution is 2.30. The number of para-hydroxylation sites is 1. The van der Waals surface area contributed by atoms with E-state index in [0.717, 1.165) is 5.39 Å². The van der Waals surface area contributed by atoms with E-state index in [4.69, 9.17) is 19.9 Å². The maximum Gasteiger partial charge on any atom is 0.320 e. The van der Waals surface area contributed by atoms with Crippen molar-refractivity contribution in [3.63, 3.8) is 0 Å². The number of ether oxygens (including phenoxy) is 3. The number of carbonyl (C=O) groups excluding carboxylic acids is 2. The Labute approximate surface area is 246 Å². The number of nitrogens with two attached hydrogens (primary N) is 1. The van der Waals surface area contributed by atoms with Crippen molar-refractivity contribution < 1.29 is 23.8 Å². The molecule has 0 spiro atoms. The van der Waals surface area contributed by atoms with Crippen LogP contribution in [0.2, 0.25) is 0 Å². The van der Waals surface area contributed by atoms with Crippen LogP contribution < -0.4 is 26.1 Å². The first-order valence-electron chi connectivity index (χ1n) is 13.4. The Kier molecular flexibility index (Phi) is 8.49. The van der Waals surface area contributed by atoms with E-state index in [1.165, 1.54) is 10.9 Å². The molecule has 0 aliphatic carbocycles. The number of fused-ring (bicyclic) bond motifs is 1. The van der Waals surface area contributed by atoms with Crippen molar-refractivity contribution >= 4 is 28.6 Å². The number of nitrogens with one attached hydrogen (secondary N) is 1. The minimum absolute atomic E-state index is 0.0676. The SMILES string of the molecule is COc1ccc2c(Oc3ccc(NC(=O)c4c(C)n(C[C@@H](C)OC(=O)CN)n(-c5ccccc5)c4=O)nc3)ccnc2c1. The van der Waals surface area contributed by atoms with Gasteiger partial charge >= 0.3 is 5.97 Å². The van der Waals surface area contributed by atoms with Gasteiger partial charge in [0.25, 0.3) is 11.5 Å². The van der Waals surface area contributed by atoms with E-state index >= 15 is 0 Å². The Morgan fingerprint density at radius 2 is 1.79 bits per heavy atom. The second-order valence-electron chi connectivity index (χ2n) is 9.63. The predicted octanol–water partition coefficient (Wildman–Crippen LogP) is 3.83. The van der Waals surface area contributed by atoms with Crippen molar-refractivity contribution in [3.8, 4) is 22.9 Å². The van der Waals surface area contributed by atoms with E-state index in [-0.39, 0.29) is 24.5 Å². The first-order valence-corrected chi connectivity index (χ1v) is 13.4. The van der Waals surface area contributed by atoms with Crippen molar-refractivity contribution in [1.82, 2.24) is 19.3 Å². The number of amides is 1. The Morgan fingerprint density at radius 3 is 2.49 bits per heavy atom. The lowest BCUT2D eigenvalue weighted by Crippen LogP contribution is -2.30. The number of carbonyl (C=O) groups is 2. The van der Waals surface area contributed by atoms with Gasteiger partial charge in [0, 0.05) is 17.6 Å². The third-order valence-corrected chi connectivity index (χ3v) is 6.67. The van der Waals surface area contributed by atoms with Crippen molar-refractivity contribution in [2.45, 2.75) is 26.5 Å². The first-order chi connectivity index (χ1) is 20.8. The van der Waals surface area contributed by atoms with Gasteiger partial charge in [-0.3, -0.25) is 24.0 Å². The van der Waals surface area contributed by atoms with Gasteiger partial charge in [-0.1, -0.05) is 18.2 Å². The molecule has 0 saturated carbocycles. The van der Waals surface area contributed by atoms with Crippen LogP contribution in [0.15, 0.2) is 83.9 Å². The Bertz CT molecular complexity index is 1830. The molecule has 12 heteroatoms. The fourth-order valence-electron chi connectivity index (χ4n) is 4.65. The summed E-state index contributed by atoms with van der Waals surface area (Å²) in [6, 6.07) is 19.4. The van der Waals surface area contributed by atoms with Gasteiger partial charge in [-0.15, -0.1) is 0 Å². The molecule has 1 atom stereocenters. The topological polar surface area (TPSA) is 153 Å². The van der Waals surface area contributed by atoms with Crippen LogP contribution in [0.1, 0.15) is 23.0 Å². The summed E-state index contributed by atoms with van der Waals surface area (Å²) in [6.07, 6.45) is 2.50. The summed E-state index contributed by atoms with van der Waals surface area (Å²) in [7, 11) is 1.59. The van der Waals surface area contributed by atoms with Crippen LogP contribution in [0, 0.1) is 6.92 Å². The van der Waals surface area contributed by atoms with E-state index in [9.17, 15) is 14.4 Å². The van der Waals surface area contributed by atoms with E-state index in [1.54, 1.807) is 74.3 Å². The number of hydrogen-bond donors (Lipinski definition) is 2. The van der Waals surface area contributed by atoms with Crippen LogP contribution in [0.3, 0.4) is 0 Å². The fraction of sp³-hybridized carbons (Fsp3) is 0.194. The first kappa shape index (κ1) is 29.0. The summed E-state index contributed by atoms with van der Waals surface area (Å²) in [6.45, 7) is 3.20. The molecule has 0 bridgehead atoms. The minimum Gasteiger partial charge on any atom is -0.497 e. The molecular weight excluding hydrogens is 552 g/mol. The zero-order chi connectivity index (χ0) is 30.5. The summed E-state index contributed by atoms with van der Waals surface area (Å²) in [4.78, 5) is 47.4. The zero-order valence-electron chi connectivity index (χ0n) is 23.8. The van der Waals surface area contributed by atoms with Gasteiger partial charge in [-0.05, 0) is 56.3 Å². The third-order valence-electron chi connectivity index (χ3n) is 6.67. The minimum atomic E-state index is -0.632. The molecule has 3 aromatic heterocycles. The van der Waals surface area contributed by atoms with Crippen LogP contribution in [0.25, 0.3) is 16.6 Å². The number of esters is 1. The second kappa shape index (κ2) is 12.6. The molecule has 12 nitrogen and oxygen atoms in total. The van der Waals surface area contributed by atoms with Crippen molar-refractivity contribution in [2.24, 2.45) is 5.73 Å². The molecule has 0 aliphatic rings. The van der Waals surface area contributed by atoms with Gasteiger partial charge in [-0.2, -0.15) is 0 Å². The maximum atomic E-state index is 13.6. The molecule has 5 rings (SSSR count). The number of hydrogen-bond acceptors (Lipinski definition) is 9. The highest BCUT2D eigenvalue weighted by molar-refractivity contribution is 6.04. The van der Waals surface area contributed by atoms with Gasteiger partial charge in [0.15, 0.2) is 0 Å². The van der Waals surface area contributed by atoms with Gasteiger partial charge in [0.1, 0.15) is 34.7 Å². The molecular formula is C31H30N6O6. The molecule has 0 radical (unpaired) electrons. The van der Waals surface area contributed by atoms with Gasteiger partial charge in [0.05, 0.1) is 43.3 Å². The number of anilines is 1. The predicted molar refractivity (Wildman–Crippen MR) is 160 cm³/mol. The summed E-state index contributed by atoms with van der Waals surface area (Å²) in [5.74, 6) is 0.730. The van der Waals surface area contributed by atoms with Crippen LogP contribution in [-0.2, 0) is 16.1 Å². The average molecular weight is 583 g/mol. The summed E-state index contributed by atoms with van der Waals surface area (Å²) in [5.41, 5.74) is 6.43. The molecule has 3 heterocycles. The Morgan fingerprint density at radius 1 is 1.02 bits per heavy atom. The monoisotopic (exact) mass is 582 g/mol.